The lowest BCUT2D eigenvalue weighted by molar-refractivity contribution is 0.760. The average molecular weight is 334 g/mol. The van der Waals surface area contributed by atoms with Crippen molar-refractivity contribution in [1.82, 2.24) is 4.57 Å². The summed E-state index contributed by atoms with van der Waals surface area (Å²) in [5, 5.41) is 1.46. The van der Waals surface area contributed by atoms with E-state index < -0.39 is 0 Å². The molecule has 0 aliphatic carbocycles. The van der Waals surface area contributed by atoms with Crippen LogP contribution in [0, 0.1) is 3.57 Å². The van der Waals surface area contributed by atoms with Gasteiger partial charge in [-0.25, -0.2) is 0 Å². The van der Waals surface area contributed by atoms with Crippen LogP contribution in [0.1, 0.15) is 6.92 Å². The van der Waals surface area contributed by atoms with Gasteiger partial charge in [0.15, 0.2) is 0 Å². The Bertz CT molecular complexity index is 577. The van der Waals surface area contributed by atoms with Gasteiger partial charge in [-0.1, -0.05) is 11.6 Å². The zero-order chi connectivity index (χ0) is 11.0. The molecule has 0 saturated carbocycles. The second kappa shape index (κ2) is 4.14. The molecule has 15 heavy (non-hydrogen) atoms. The number of hydrogen-bond acceptors (Lipinski definition) is 1. The van der Waals surface area contributed by atoms with Crippen molar-refractivity contribution < 1.29 is 0 Å². The number of halogens is 2. The van der Waals surface area contributed by atoms with Crippen LogP contribution in [0.5, 0.6) is 0 Å². The van der Waals surface area contributed by atoms with Crippen LogP contribution >= 0.6 is 34.2 Å². The minimum atomic E-state index is -0.0452. The van der Waals surface area contributed by atoms with Crippen molar-refractivity contribution in [3.63, 3.8) is 0 Å². The van der Waals surface area contributed by atoms with E-state index in [9.17, 15) is 4.79 Å². The summed E-state index contributed by atoms with van der Waals surface area (Å²) in [6.07, 6.45) is 0. The summed E-state index contributed by atoms with van der Waals surface area (Å²) in [4.78, 5) is 11.6. The molecule has 78 valence electrons. The smallest absolute Gasteiger partial charge is 0.252 e. The van der Waals surface area contributed by atoms with Gasteiger partial charge in [-0.3, -0.25) is 4.79 Å². The van der Waals surface area contributed by atoms with Gasteiger partial charge in [0.05, 0.1) is 10.5 Å². The molecule has 0 amide bonds. The lowest BCUT2D eigenvalue weighted by Gasteiger charge is -2.08. The number of aryl methyl sites for hydroxylation is 1. The molecule has 1 aromatic heterocycles. The molecule has 0 saturated heterocycles. The third kappa shape index (κ3) is 1.90. The zero-order valence-corrected chi connectivity index (χ0v) is 11.0. The third-order valence-electron chi connectivity index (χ3n) is 2.34. The number of pyridine rings is 1. The monoisotopic (exact) mass is 333 g/mol. The predicted octanol–water partition coefficient (Wildman–Crippen LogP) is 3.28. The highest BCUT2D eigenvalue weighted by Gasteiger charge is 2.06. The molecule has 0 aliphatic heterocycles. The fourth-order valence-electron chi connectivity index (χ4n) is 1.64. The van der Waals surface area contributed by atoms with Gasteiger partial charge in [-0.2, -0.15) is 0 Å². The van der Waals surface area contributed by atoms with Crippen molar-refractivity contribution in [3.05, 3.63) is 43.2 Å². The summed E-state index contributed by atoms with van der Waals surface area (Å²) in [5.74, 6) is 0. The van der Waals surface area contributed by atoms with E-state index in [0.717, 1.165) is 14.5 Å². The number of fused-ring (bicyclic) bond motifs is 1. The van der Waals surface area contributed by atoms with Gasteiger partial charge in [-0.05, 0) is 47.7 Å². The first-order valence-corrected chi connectivity index (χ1v) is 6.07. The van der Waals surface area contributed by atoms with E-state index in [1.807, 2.05) is 25.1 Å². The van der Waals surface area contributed by atoms with Crippen molar-refractivity contribution in [1.29, 1.82) is 0 Å². The van der Waals surface area contributed by atoms with Crippen LogP contribution in [-0.2, 0) is 6.54 Å². The van der Waals surface area contributed by atoms with E-state index in [0.29, 0.717) is 11.6 Å². The van der Waals surface area contributed by atoms with Crippen LogP contribution in [0.4, 0.5) is 0 Å². The van der Waals surface area contributed by atoms with Crippen LogP contribution in [0.3, 0.4) is 0 Å². The molecule has 0 radical (unpaired) electrons. The van der Waals surface area contributed by atoms with Gasteiger partial charge < -0.3 is 4.57 Å². The Morgan fingerprint density at radius 3 is 2.80 bits per heavy atom. The zero-order valence-electron chi connectivity index (χ0n) is 8.13. The number of hydrogen-bond donors (Lipinski definition) is 0. The maximum atomic E-state index is 11.6. The van der Waals surface area contributed by atoms with Gasteiger partial charge in [0.25, 0.3) is 5.56 Å². The van der Waals surface area contributed by atoms with E-state index in [1.165, 1.54) is 6.07 Å². The van der Waals surface area contributed by atoms with E-state index in [1.54, 1.807) is 4.57 Å². The van der Waals surface area contributed by atoms with Crippen LogP contribution in [0.25, 0.3) is 10.9 Å². The van der Waals surface area contributed by atoms with Gasteiger partial charge in [0.2, 0.25) is 0 Å². The Balaban J connectivity index is 2.96. The summed E-state index contributed by atoms with van der Waals surface area (Å²) in [6.45, 7) is 2.61. The molecule has 0 atom stereocenters. The Labute approximate surface area is 106 Å². The highest BCUT2D eigenvalue weighted by molar-refractivity contribution is 14.1. The summed E-state index contributed by atoms with van der Waals surface area (Å²) in [5.41, 5.74) is 0.853. The highest BCUT2D eigenvalue weighted by atomic mass is 127. The Morgan fingerprint density at radius 1 is 1.40 bits per heavy atom. The van der Waals surface area contributed by atoms with E-state index in [4.69, 9.17) is 11.6 Å². The lowest BCUT2D eigenvalue weighted by atomic mass is 10.2. The van der Waals surface area contributed by atoms with Crippen LogP contribution in [-0.4, -0.2) is 4.57 Å². The van der Waals surface area contributed by atoms with E-state index in [-0.39, 0.29) is 5.56 Å². The third-order valence-corrected chi connectivity index (χ3v) is 3.32. The number of benzene rings is 1. The SMILES string of the molecule is CCn1c(=O)cc(Cl)c2cc(I)ccc21. The lowest BCUT2D eigenvalue weighted by Crippen LogP contribution is -2.18. The maximum absolute atomic E-state index is 11.6. The first kappa shape index (κ1) is 11.0. The molecule has 0 N–H and O–H groups in total. The van der Waals surface area contributed by atoms with Crippen molar-refractivity contribution in [3.8, 4) is 0 Å². The molecule has 4 heteroatoms. The quantitative estimate of drug-likeness (QED) is 0.734. The Kier molecular flexibility index (Phi) is 3.02. The van der Waals surface area contributed by atoms with E-state index in [2.05, 4.69) is 22.6 Å². The Morgan fingerprint density at radius 2 is 2.13 bits per heavy atom. The normalized spacial score (nSPS) is 10.9. The van der Waals surface area contributed by atoms with Crippen molar-refractivity contribution in [2.24, 2.45) is 0 Å². The van der Waals surface area contributed by atoms with Gasteiger partial charge in [-0.15, -0.1) is 0 Å². The standard InChI is InChI=1S/C11H9ClINO/c1-2-14-10-4-3-7(13)5-8(10)9(12)6-11(14)15/h3-6H,2H2,1H3. The molecule has 0 unspecified atom stereocenters. The fourth-order valence-corrected chi connectivity index (χ4v) is 2.38. The summed E-state index contributed by atoms with van der Waals surface area (Å²) in [6, 6.07) is 7.38. The molecule has 1 aromatic carbocycles. The molecular weight excluding hydrogens is 324 g/mol. The first-order chi connectivity index (χ1) is 7.13. The number of rotatable bonds is 1. The topological polar surface area (TPSA) is 22.0 Å². The molecule has 0 aliphatic rings. The first-order valence-electron chi connectivity index (χ1n) is 4.62. The van der Waals surface area contributed by atoms with Gasteiger partial charge >= 0.3 is 0 Å². The molecule has 0 spiro atoms. The molecule has 2 nitrogen and oxygen atoms in total. The van der Waals surface area contributed by atoms with Crippen molar-refractivity contribution in [2.75, 3.05) is 0 Å². The second-order valence-electron chi connectivity index (χ2n) is 3.24. The molecule has 1 heterocycles. The molecule has 0 bridgehead atoms. The predicted molar refractivity (Wildman–Crippen MR) is 71.6 cm³/mol. The summed E-state index contributed by atoms with van der Waals surface area (Å²) >= 11 is 8.28. The van der Waals surface area contributed by atoms with Crippen LogP contribution < -0.4 is 5.56 Å². The summed E-state index contributed by atoms with van der Waals surface area (Å²) < 4.78 is 2.83. The number of nitrogens with zero attached hydrogens (tertiary/aromatic N) is 1. The fraction of sp³-hybridized carbons (Fsp3) is 0.182. The minimum Gasteiger partial charge on any atom is -0.308 e. The second-order valence-corrected chi connectivity index (χ2v) is 4.89. The van der Waals surface area contributed by atoms with E-state index >= 15 is 0 Å². The van der Waals surface area contributed by atoms with Crippen molar-refractivity contribution >= 4 is 45.1 Å². The van der Waals surface area contributed by atoms with Gasteiger partial charge in [0, 0.05) is 21.6 Å². The molecule has 2 rings (SSSR count). The minimum absolute atomic E-state index is 0.0452. The maximum Gasteiger partial charge on any atom is 0.252 e. The largest absolute Gasteiger partial charge is 0.308 e. The van der Waals surface area contributed by atoms with Crippen LogP contribution in [0.15, 0.2) is 29.1 Å². The van der Waals surface area contributed by atoms with Crippen LogP contribution in [0.2, 0.25) is 5.02 Å². The molecule has 2 aromatic rings. The molecule has 0 fully saturated rings. The van der Waals surface area contributed by atoms with Gasteiger partial charge in [0.1, 0.15) is 0 Å². The Hall–Kier alpha value is -0.550. The average Bonchev–Trinajstić information content (AvgIpc) is 2.19. The van der Waals surface area contributed by atoms with Crippen molar-refractivity contribution in [2.45, 2.75) is 13.5 Å². The summed E-state index contributed by atoms with van der Waals surface area (Å²) in [7, 11) is 0. The highest BCUT2D eigenvalue weighted by Crippen LogP contribution is 2.23. The number of aromatic nitrogens is 1. The molecular formula is C11H9ClINO.